The second-order valence-electron chi connectivity index (χ2n) is 5.60. The molecule has 0 radical (unpaired) electrons. The first-order valence-electron chi connectivity index (χ1n) is 7.95. The maximum Gasteiger partial charge on any atom is 0.339 e. The molecule has 0 amide bonds. The van der Waals surface area contributed by atoms with Crippen molar-refractivity contribution in [3.05, 3.63) is 95.0 Å². The van der Waals surface area contributed by atoms with Crippen LogP contribution in [0.2, 0.25) is 5.02 Å². The third-order valence-electron chi connectivity index (χ3n) is 3.68. The molecule has 0 fully saturated rings. The molecule has 3 rings (SSSR count). The van der Waals surface area contributed by atoms with Gasteiger partial charge in [0.05, 0.1) is 11.6 Å². The number of halogens is 1. The zero-order valence-corrected chi connectivity index (χ0v) is 15.6. The molecule has 0 saturated heterocycles. The molecule has 3 aromatic carbocycles. The molecule has 0 aromatic heterocycles. The van der Waals surface area contributed by atoms with E-state index in [2.05, 4.69) is 6.07 Å². The Morgan fingerprint density at radius 2 is 1.67 bits per heavy atom. The topological polar surface area (TPSA) is 67.2 Å². The zero-order valence-electron chi connectivity index (χ0n) is 14.0. The number of hydrogen-bond donors (Lipinski definition) is 0. The van der Waals surface area contributed by atoms with Gasteiger partial charge in [-0.2, -0.15) is 13.7 Å². The maximum absolute atomic E-state index is 12.4. The van der Waals surface area contributed by atoms with Crippen molar-refractivity contribution in [1.82, 2.24) is 0 Å². The molecule has 0 aliphatic carbocycles. The van der Waals surface area contributed by atoms with Crippen LogP contribution in [0.5, 0.6) is 5.75 Å². The molecule has 3 aromatic rings. The zero-order chi connectivity index (χ0) is 19.3. The van der Waals surface area contributed by atoms with E-state index in [1.54, 1.807) is 30.3 Å². The highest BCUT2D eigenvalue weighted by molar-refractivity contribution is 7.87. The van der Waals surface area contributed by atoms with E-state index in [0.717, 1.165) is 5.56 Å². The van der Waals surface area contributed by atoms with Gasteiger partial charge in [0, 0.05) is 5.02 Å². The minimum atomic E-state index is -3.98. The summed E-state index contributed by atoms with van der Waals surface area (Å²) in [5.74, 6) is 0.157. The van der Waals surface area contributed by atoms with Gasteiger partial charge in [0.15, 0.2) is 0 Å². The molecule has 0 N–H and O–H groups in total. The smallest absolute Gasteiger partial charge is 0.339 e. The Labute approximate surface area is 163 Å². The van der Waals surface area contributed by atoms with Crippen molar-refractivity contribution in [1.29, 1.82) is 5.26 Å². The number of benzene rings is 3. The lowest BCUT2D eigenvalue weighted by Crippen LogP contribution is -2.09. The van der Waals surface area contributed by atoms with Crippen LogP contribution in [-0.2, 0) is 10.1 Å². The summed E-state index contributed by atoms with van der Waals surface area (Å²) in [5, 5.41) is 9.85. The van der Waals surface area contributed by atoms with E-state index in [4.69, 9.17) is 15.8 Å². The summed E-state index contributed by atoms with van der Waals surface area (Å²) in [6.07, 6.45) is 1.68. The Kier molecular flexibility index (Phi) is 5.60. The second kappa shape index (κ2) is 8.09. The fourth-order valence-corrected chi connectivity index (χ4v) is 3.45. The van der Waals surface area contributed by atoms with E-state index in [1.807, 2.05) is 30.3 Å². The van der Waals surface area contributed by atoms with Crippen LogP contribution >= 0.6 is 11.6 Å². The lowest BCUT2D eigenvalue weighted by atomic mass is 10.0. The van der Waals surface area contributed by atoms with Crippen molar-refractivity contribution in [2.45, 2.75) is 4.90 Å². The molecule has 134 valence electrons. The van der Waals surface area contributed by atoms with E-state index >= 15 is 0 Å². The number of allylic oxidation sites excluding steroid dienone is 1. The maximum atomic E-state index is 12.4. The fraction of sp³-hybridized carbons (Fsp3) is 0. The van der Waals surface area contributed by atoms with Gasteiger partial charge in [0.25, 0.3) is 0 Å². The van der Waals surface area contributed by atoms with Crippen LogP contribution < -0.4 is 4.18 Å². The predicted octanol–water partition coefficient (Wildman–Crippen LogP) is 5.17. The lowest BCUT2D eigenvalue weighted by molar-refractivity contribution is 0.486. The van der Waals surface area contributed by atoms with Crippen molar-refractivity contribution >= 4 is 33.4 Å². The summed E-state index contributed by atoms with van der Waals surface area (Å²) < 4.78 is 30.0. The quantitative estimate of drug-likeness (QED) is 0.339. The summed E-state index contributed by atoms with van der Waals surface area (Å²) in [6, 6.07) is 23.6. The van der Waals surface area contributed by atoms with Gasteiger partial charge in [-0.1, -0.05) is 54.1 Å². The largest absolute Gasteiger partial charge is 0.379 e. The third kappa shape index (κ3) is 4.76. The summed E-state index contributed by atoms with van der Waals surface area (Å²) in [6.45, 7) is 0. The highest BCUT2D eigenvalue weighted by Crippen LogP contribution is 2.24. The minimum absolute atomic E-state index is 0.00912. The third-order valence-corrected chi connectivity index (χ3v) is 5.20. The Morgan fingerprint density at radius 1 is 0.963 bits per heavy atom. The molecule has 0 unspecified atom stereocenters. The van der Waals surface area contributed by atoms with Gasteiger partial charge >= 0.3 is 10.1 Å². The van der Waals surface area contributed by atoms with Crippen LogP contribution in [-0.4, -0.2) is 8.42 Å². The first-order chi connectivity index (χ1) is 13.0. The highest BCUT2D eigenvalue weighted by atomic mass is 35.5. The number of rotatable bonds is 5. The van der Waals surface area contributed by atoms with E-state index in [1.165, 1.54) is 24.3 Å². The fourth-order valence-electron chi connectivity index (χ4n) is 2.40. The first kappa shape index (κ1) is 18.7. The van der Waals surface area contributed by atoms with Crippen molar-refractivity contribution in [2.24, 2.45) is 0 Å². The number of nitrogens with zero attached hydrogens (tertiary/aromatic N) is 1. The summed E-state index contributed by atoms with van der Waals surface area (Å²) in [4.78, 5) is 0.00912. The van der Waals surface area contributed by atoms with Gasteiger partial charge in [0.2, 0.25) is 0 Å². The molecule has 4 nitrogen and oxygen atoms in total. The average molecular weight is 396 g/mol. The average Bonchev–Trinajstić information content (AvgIpc) is 2.67. The Bertz CT molecular complexity index is 1120. The summed E-state index contributed by atoms with van der Waals surface area (Å²) in [5.41, 5.74) is 1.90. The van der Waals surface area contributed by atoms with E-state index in [9.17, 15) is 13.7 Å². The van der Waals surface area contributed by atoms with Crippen LogP contribution in [0.4, 0.5) is 0 Å². The Balaban J connectivity index is 1.89. The van der Waals surface area contributed by atoms with Gasteiger partial charge in [0.1, 0.15) is 10.6 Å². The van der Waals surface area contributed by atoms with E-state index < -0.39 is 10.1 Å². The van der Waals surface area contributed by atoms with Crippen molar-refractivity contribution in [3.8, 4) is 11.8 Å². The Hall–Kier alpha value is -3.07. The first-order valence-corrected chi connectivity index (χ1v) is 9.74. The van der Waals surface area contributed by atoms with Crippen molar-refractivity contribution < 1.29 is 12.6 Å². The summed E-state index contributed by atoms with van der Waals surface area (Å²) in [7, 11) is -3.98. The molecule has 27 heavy (non-hydrogen) atoms. The SMILES string of the molecule is N#C/C(=C/c1cccc(OS(=O)(=O)c2ccc(Cl)cc2)c1)c1ccccc1. The minimum Gasteiger partial charge on any atom is -0.379 e. The van der Waals surface area contributed by atoms with Crippen LogP contribution in [0, 0.1) is 11.3 Å². The predicted molar refractivity (Wildman–Crippen MR) is 106 cm³/mol. The summed E-state index contributed by atoms with van der Waals surface area (Å²) >= 11 is 5.79. The molecular weight excluding hydrogens is 382 g/mol. The van der Waals surface area contributed by atoms with E-state index in [-0.39, 0.29) is 10.6 Å². The molecule has 0 atom stereocenters. The van der Waals surface area contributed by atoms with Gasteiger partial charge in [-0.15, -0.1) is 0 Å². The van der Waals surface area contributed by atoms with Gasteiger partial charge in [-0.3, -0.25) is 0 Å². The monoisotopic (exact) mass is 395 g/mol. The molecule has 0 spiro atoms. The molecule has 0 aliphatic rings. The van der Waals surface area contributed by atoms with Crippen LogP contribution in [0.3, 0.4) is 0 Å². The molecule has 0 heterocycles. The molecular formula is C21H14ClNO3S. The number of hydrogen-bond acceptors (Lipinski definition) is 4. The highest BCUT2D eigenvalue weighted by Gasteiger charge is 2.16. The molecule has 0 saturated carbocycles. The lowest BCUT2D eigenvalue weighted by Gasteiger charge is -2.08. The van der Waals surface area contributed by atoms with Gasteiger partial charge in [-0.25, -0.2) is 0 Å². The van der Waals surface area contributed by atoms with E-state index in [0.29, 0.717) is 16.2 Å². The van der Waals surface area contributed by atoms with Gasteiger partial charge in [-0.05, 0) is 53.6 Å². The van der Waals surface area contributed by atoms with Crippen LogP contribution in [0.1, 0.15) is 11.1 Å². The van der Waals surface area contributed by atoms with Gasteiger partial charge < -0.3 is 4.18 Å². The standard InChI is InChI=1S/C21H14ClNO3S/c22-19-9-11-21(12-10-19)27(24,25)26-20-8-4-5-16(14-20)13-18(15-23)17-6-2-1-3-7-17/h1-14H/b18-13-. The normalized spacial score (nSPS) is 11.6. The number of nitriles is 1. The van der Waals surface area contributed by atoms with Crippen molar-refractivity contribution in [2.75, 3.05) is 0 Å². The second-order valence-corrected chi connectivity index (χ2v) is 7.58. The van der Waals surface area contributed by atoms with Crippen LogP contribution in [0.25, 0.3) is 11.6 Å². The molecule has 0 bridgehead atoms. The van der Waals surface area contributed by atoms with Crippen LogP contribution in [0.15, 0.2) is 83.8 Å². The Morgan fingerprint density at radius 3 is 2.33 bits per heavy atom. The molecule has 0 aliphatic heterocycles. The molecule has 6 heteroatoms. The van der Waals surface area contributed by atoms with Crippen molar-refractivity contribution in [3.63, 3.8) is 0 Å².